The summed E-state index contributed by atoms with van der Waals surface area (Å²) in [5, 5.41) is 5.39. The molecule has 0 aromatic carbocycles. The van der Waals surface area contributed by atoms with E-state index < -0.39 is 11.7 Å². The summed E-state index contributed by atoms with van der Waals surface area (Å²) in [5.41, 5.74) is -0.483. The Bertz CT molecular complexity index is 258. The van der Waals surface area contributed by atoms with Crippen LogP contribution in [0, 0.1) is 0 Å². The van der Waals surface area contributed by atoms with E-state index >= 15 is 0 Å². The predicted molar refractivity (Wildman–Crippen MR) is 55.4 cm³/mol. The van der Waals surface area contributed by atoms with Crippen LogP contribution in [-0.2, 0) is 9.53 Å². The van der Waals surface area contributed by atoms with E-state index in [-0.39, 0.29) is 11.9 Å². The number of ether oxygens (including phenoxy) is 1. The summed E-state index contributed by atoms with van der Waals surface area (Å²) in [4.78, 5) is 22.1. The third kappa shape index (κ3) is 4.67. The topological polar surface area (TPSA) is 67.4 Å². The highest BCUT2D eigenvalue weighted by Gasteiger charge is 2.22. The number of hydrogen-bond donors (Lipinski definition) is 2. The fourth-order valence-corrected chi connectivity index (χ4v) is 1.35. The highest BCUT2D eigenvalue weighted by atomic mass is 16.6. The average Bonchev–Trinajstić information content (AvgIpc) is 2.45. The van der Waals surface area contributed by atoms with Crippen LogP contribution in [0.3, 0.4) is 0 Å². The van der Waals surface area contributed by atoms with Crippen molar-refractivity contribution < 1.29 is 14.3 Å². The van der Waals surface area contributed by atoms with Gasteiger partial charge in [-0.25, -0.2) is 4.79 Å². The molecule has 0 aromatic rings. The Hall–Kier alpha value is -1.26. The summed E-state index contributed by atoms with van der Waals surface area (Å²) in [6.45, 7) is 5.86. The molecule has 1 saturated heterocycles. The zero-order valence-electron chi connectivity index (χ0n) is 9.42. The molecule has 0 spiro atoms. The molecule has 2 amide bonds. The van der Waals surface area contributed by atoms with Crippen LogP contribution in [0.5, 0.6) is 0 Å². The van der Waals surface area contributed by atoms with Crippen molar-refractivity contribution >= 4 is 12.0 Å². The van der Waals surface area contributed by atoms with Crippen LogP contribution in [0.25, 0.3) is 0 Å². The van der Waals surface area contributed by atoms with Crippen LogP contribution in [0.15, 0.2) is 0 Å². The van der Waals surface area contributed by atoms with E-state index in [9.17, 15) is 9.59 Å². The van der Waals surface area contributed by atoms with E-state index in [4.69, 9.17) is 4.74 Å². The summed E-state index contributed by atoms with van der Waals surface area (Å²) in [6, 6.07) is 0.0463. The summed E-state index contributed by atoms with van der Waals surface area (Å²) in [5.74, 6) is 0.0472. The molecule has 0 aromatic heterocycles. The summed E-state index contributed by atoms with van der Waals surface area (Å²) < 4.78 is 5.06. The van der Waals surface area contributed by atoms with Gasteiger partial charge in [-0.1, -0.05) is 0 Å². The van der Waals surface area contributed by atoms with Gasteiger partial charge >= 0.3 is 6.09 Å². The fourth-order valence-electron chi connectivity index (χ4n) is 1.35. The maximum atomic E-state index is 11.3. The third-order valence-electron chi connectivity index (χ3n) is 1.98. The lowest BCUT2D eigenvalue weighted by molar-refractivity contribution is -0.119. The first-order valence-electron chi connectivity index (χ1n) is 5.13. The molecule has 2 N–H and O–H groups in total. The minimum absolute atomic E-state index is 0.0463. The number of alkyl carbamates (subject to hydrolysis) is 1. The molecule has 1 aliphatic rings. The van der Waals surface area contributed by atoms with Crippen LogP contribution in [0.4, 0.5) is 4.79 Å². The SMILES string of the molecule is CC(C)(C)OC(=O)NC[C@@H]1CCC(=O)N1. The van der Waals surface area contributed by atoms with E-state index in [1.54, 1.807) is 0 Å². The molecular weight excluding hydrogens is 196 g/mol. The Morgan fingerprint density at radius 2 is 2.27 bits per heavy atom. The van der Waals surface area contributed by atoms with Crippen LogP contribution in [0.1, 0.15) is 33.6 Å². The number of nitrogens with one attached hydrogen (secondary N) is 2. The summed E-state index contributed by atoms with van der Waals surface area (Å²) in [6.07, 6.45) is 0.874. The lowest BCUT2D eigenvalue weighted by Crippen LogP contribution is -2.40. The molecule has 0 bridgehead atoms. The van der Waals surface area contributed by atoms with Crippen LogP contribution in [-0.4, -0.2) is 30.2 Å². The molecule has 1 heterocycles. The van der Waals surface area contributed by atoms with Crippen LogP contribution < -0.4 is 10.6 Å². The molecule has 1 fully saturated rings. The zero-order chi connectivity index (χ0) is 11.5. The Labute approximate surface area is 89.6 Å². The van der Waals surface area contributed by atoms with Crippen molar-refractivity contribution in [2.45, 2.75) is 45.3 Å². The molecule has 0 aliphatic carbocycles. The number of amides is 2. The normalized spacial score (nSPS) is 21.0. The molecule has 15 heavy (non-hydrogen) atoms. The van der Waals surface area contributed by atoms with Gasteiger partial charge in [-0.15, -0.1) is 0 Å². The maximum Gasteiger partial charge on any atom is 0.407 e. The Balaban J connectivity index is 2.20. The van der Waals surface area contributed by atoms with Crippen molar-refractivity contribution in [3.05, 3.63) is 0 Å². The quantitative estimate of drug-likeness (QED) is 0.714. The first-order valence-corrected chi connectivity index (χ1v) is 5.13. The van der Waals surface area contributed by atoms with Crippen molar-refractivity contribution in [1.82, 2.24) is 10.6 Å². The monoisotopic (exact) mass is 214 g/mol. The maximum absolute atomic E-state index is 11.3. The van der Waals surface area contributed by atoms with Gasteiger partial charge in [0.25, 0.3) is 0 Å². The Morgan fingerprint density at radius 3 is 2.73 bits per heavy atom. The van der Waals surface area contributed by atoms with Gasteiger partial charge in [0.05, 0.1) is 0 Å². The molecular formula is C10H18N2O3. The Kier molecular flexibility index (Phi) is 3.55. The summed E-state index contributed by atoms with van der Waals surface area (Å²) in [7, 11) is 0. The lowest BCUT2D eigenvalue weighted by atomic mass is 10.2. The first-order chi connectivity index (χ1) is 6.87. The van der Waals surface area contributed by atoms with Crippen molar-refractivity contribution in [2.24, 2.45) is 0 Å². The second-order valence-electron chi connectivity index (χ2n) is 4.69. The molecule has 0 unspecified atom stereocenters. The van der Waals surface area contributed by atoms with E-state index in [0.29, 0.717) is 13.0 Å². The third-order valence-corrected chi connectivity index (χ3v) is 1.98. The van der Waals surface area contributed by atoms with Crippen LogP contribution in [0.2, 0.25) is 0 Å². The second-order valence-corrected chi connectivity index (χ2v) is 4.69. The average molecular weight is 214 g/mol. The smallest absolute Gasteiger partial charge is 0.407 e. The minimum atomic E-state index is -0.483. The fraction of sp³-hybridized carbons (Fsp3) is 0.800. The summed E-state index contributed by atoms with van der Waals surface area (Å²) >= 11 is 0. The molecule has 1 atom stereocenters. The zero-order valence-corrected chi connectivity index (χ0v) is 9.42. The van der Waals surface area contributed by atoms with Gasteiger partial charge in [-0.2, -0.15) is 0 Å². The van der Waals surface area contributed by atoms with Gasteiger partial charge < -0.3 is 15.4 Å². The second kappa shape index (κ2) is 4.51. The van der Waals surface area contributed by atoms with E-state index in [2.05, 4.69) is 10.6 Å². The van der Waals surface area contributed by atoms with Crippen molar-refractivity contribution in [3.8, 4) is 0 Å². The number of hydrogen-bond acceptors (Lipinski definition) is 3. The molecule has 0 saturated carbocycles. The highest BCUT2D eigenvalue weighted by Crippen LogP contribution is 2.08. The van der Waals surface area contributed by atoms with E-state index in [0.717, 1.165) is 6.42 Å². The minimum Gasteiger partial charge on any atom is -0.444 e. The predicted octanol–water partition coefficient (Wildman–Crippen LogP) is 0.790. The van der Waals surface area contributed by atoms with Crippen LogP contribution >= 0.6 is 0 Å². The Morgan fingerprint density at radius 1 is 1.60 bits per heavy atom. The standard InChI is InChI=1S/C10H18N2O3/c1-10(2,3)15-9(14)11-6-7-4-5-8(13)12-7/h7H,4-6H2,1-3H3,(H,11,14)(H,12,13)/t7-/m0/s1. The molecule has 5 nitrogen and oxygen atoms in total. The molecule has 86 valence electrons. The van der Waals surface area contributed by atoms with Gasteiger partial charge in [0.1, 0.15) is 5.60 Å². The molecule has 1 aliphatic heterocycles. The van der Waals surface area contributed by atoms with Gasteiger partial charge in [0.15, 0.2) is 0 Å². The van der Waals surface area contributed by atoms with Crippen molar-refractivity contribution in [3.63, 3.8) is 0 Å². The molecule has 1 rings (SSSR count). The van der Waals surface area contributed by atoms with E-state index in [1.807, 2.05) is 20.8 Å². The van der Waals surface area contributed by atoms with Crippen molar-refractivity contribution in [1.29, 1.82) is 0 Å². The number of rotatable bonds is 2. The molecule has 0 radical (unpaired) electrons. The lowest BCUT2D eigenvalue weighted by Gasteiger charge is -2.20. The van der Waals surface area contributed by atoms with E-state index in [1.165, 1.54) is 0 Å². The van der Waals surface area contributed by atoms with Gasteiger partial charge in [0.2, 0.25) is 5.91 Å². The first kappa shape index (κ1) is 11.8. The largest absolute Gasteiger partial charge is 0.444 e. The number of carbonyl (C=O) groups excluding carboxylic acids is 2. The molecule has 5 heteroatoms. The number of carbonyl (C=O) groups is 2. The van der Waals surface area contributed by atoms with Crippen molar-refractivity contribution in [2.75, 3.05) is 6.54 Å². The van der Waals surface area contributed by atoms with Gasteiger partial charge in [0, 0.05) is 19.0 Å². The van der Waals surface area contributed by atoms with Gasteiger partial charge in [-0.3, -0.25) is 4.79 Å². The van der Waals surface area contributed by atoms with Gasteiger partial charge in [-0.05, 0) is 27.2 Å². The highest BCUT2D eigenvalue weighted by molar-refractivity contribution is 5.78.